The first kappa shape index (κ1) is 19.1. The molecular weight excluding hydrogens is 366 g/mol. The molecule has 0 radical (unpaired) electrons. The SMILES string of the molecule is COc1ccc(C=C2SC(=S)N(CCCC(=O)O)C2=O)c(O)c1OC. The van der Waals surface area contributed by atoms with E-state index in [-0.39, 0.29) is 30.4 Å². The van der Waals surface area contributed by atoms with Crippen LogP contribution >= 0.6 is 24.0 Å². The molecule has 1 aromatic rings. The summed E-state index contributed by atoms with van der Waals surface area (Å²) in [6.07, 6.45) is 1.80. The summed E-state index contributed by atoms with van der Waals surface area (Å²) in [7, 11) is 2.86. The van der Waals surface area contributed by atoms with Crippen molar-refractivity contribution in [2.75, 3.05) is 20.8 Å². The van der Waals surface area contributed by atoms with Gasteiger partial charge in [-0.25, -0.2) is 0 Å². The van der Waals surface area contributed by atoms with Gasteiger partial charge in [0.05, 0.1) is 19.1 Å². The van der Waals surface area contributed by atoms with Gasteiger partial charge in [0, 0.05) is 18.5 Å². The van der Waals surface area contributed by atoms with Gasteiger partial charge < -0.3 is 19.7 Å². The van der Waals surface area contributed by atoms with Crippen LogP contribution in [0.3, 0.4) is 0 Å². The molecule has 0 aromatic heterocycles. The van der Waals surface area contributed by atoms with Crippen LogP contribution in [0.5, 0.6) is 17.2 Å². The Morgan fingerprint density at radius 2 is 2.08 bits per heavy atom. The highest BCUT2D eigenvalue weighted by Crippen LogP contribution is 2.41. The fraction of sp³-hybridized carbons (Fsp3) is 0.312. The molecule has 1 fully saturated rings. The summed E-state index contributed by atoms with van der Waals surface area (Å²) in [4.78, 5) is 24.8. The molecule has 0 unspecified atom stereocenters. The number of phenolic OH excluding ortho intramolecular Hbond substituents is 1. The van der Waals surface area contributed by atoms with Crippen molar-refractivity contribution in [3.8, 4) is 17.2 Å². The van der Waals surface area contributed by atoms with Gasteiger partial charge in [0.1, 0.15) is 4.32 Å². The number of aliphatic carboxylic acids is 1. The molecule has 0 saturated carbocycles. The van der Waals surface area contributed by atoms with Gasteiger partial charge in [0.2, 0.25) is 5.75 Å². The zero-order chi connectivity index (χ0) is 18.6. The second kappa shape index (κ2) is 8.21. The van der Waals surface area contributed by atoms with Gasteiger partial charge in [0.15, 0.2) is 11.5 Å². The van der Waals surface area contributed by atoms with Crippen molar-refractivity contribution in [3.05, 3.63) is 22.6 Å². The molecule has 0 aliphatic carbocycles. The maximum absolute atomic E-state index is 12.4. The number of hydrogen-bond acceptors (Lipinski definition) is 7. The van der Waals surface area contributed by atoms with Crippen molar-refractivity contribution in [1.29, 1.82) is 0 Å². The number of rotatable bonds is 7. The van der Waals surface area contributed by atoms with E-state index < -0.39 is 5.97 Å². The quantitative estimate of drug-likeness (QED) is 0.548. The third-order valence-corrected chi connectivity index (χ3v) is 4.86. The number of carboxylic acids is 1. The number of nitrogens with zero attached hydrogens (tertiary/aromatic N) is 1. The van der Waals surface area contributed by atoms with Crippen molar-refractivity contribution in [2.24, 2.45) is 0 Å². The molecule has 1 amide bonds. The number of thiocarbonyl (C=S) groups is 1. The molecule has 1 heterocycles. The van der Waals surface area contributed by atoms with Gasteiger partial charge in [0.25, 0.3) is 5.91 Å². The lowest BCUT2D eigenvalue weighted by Gasteiger charge is -2.13. The summed E-state index contributed by atoms with van der Waals surface area (Å²) >= 11 is 6.29. The number of carbonyl (C=O) groups excluding carboxylic acids is 1. The van der Waals surface area contributed by atoms with E-state index in [1.807, 2.05) is 0 Å². The average Bonchev–Trinajstić information content (AvgIpc) is 2.83. The number of ether oxygens (including phenoxy) is 2. The Morgan fingerprint density at radius 1 is 1.36 bits per heavy atom. The summed E-state index contributed by atoms with van der Waals surface area (Å²) in [5.74, 6) is -0.824. The molecule has 25 heavy (non-hydrogen) atoms. The predicted molar refractivity (Wildman–Crippen MR) is 98.0 cm³/mol. The maximum Gasteiger partial charge on any atom is 0.303 e. The van der Waals surface area contributed by atoms with E-state index in [9.17, 15) is 14.7 Å². The normalized spacial score (nSPS) is 15.8. The van der Waals surface area contributed by atoms with Crippen molar-refractivity contribution >= 4 is 46.3 Å². The predicted octanol–water partition coefficient (Wildman–Crippen LogP) is 2.48. The third-order valence-electron chi connectivity index (χ3n) is 3.48. The first-order chi connectivity index (χ1) is 11.9. The summed E-state index contributed by atoms with van der Waals surface area (Å²) in [6, 6.07) is 3.23. The summed E-state index contributed by atoms with van der Waals surface area (Å²) in [5.41, 5.74) is 0.392. The Morgan fingerprint density at radius 3 is 2.68 bits per heavy atom. The van der Waals surface area contributed by atoms with Gasteiger partial charge in [-0.2, -0.15) is 0 Å². The molecule has 0 bridgehead atoms. The number of aromatic hydroxyl groups is 1. The number of amides is 1. The maximum atomic E-state index is 12.4. The van der Waals surface area contributed by atoms with Gasteiger partial charge in [-0.15, -0.1) is 0 Å². The van der Waals surface area contributed by atoms with E-state index in [2.05, 4.69) is 0 Å². The minimum absolute atomic E-state index is 0.0351. The summed E-state index contributed by atoms with van der Waals surface area (Å²) < 4.78 is 10.6. The van der Waals surface area contributed by atoms with Crippen molar-refractivity contribution in [3.63, 3.8) is 0 Å². The second-order valence-corrected chi connectivity index (χ2v) is 6.75. The fourth-order valence-corrected chi connectivity index (χ4v) is 3.56. The monoisotopic (exact) mass is 383 g/mol. The van der Waals surface area contributed by atoms with Crippen LogP contribution in [-0.2, 0) is 9.59 Å². The van der Waals surface area contributed by atoms with E-state index in [4.69, 9.17) is 26.8 Å². The lowest BCUT2D eigenvalue weighted by Crippen LogP contribution is -2.29. The molecule has 2 N–H and O–H groups in total. The number of hydrogen-bond donors (Lipinski definition) is 2. The Balaban J connectivity index is 2.23. The van der Waals surface area contributed by atoms with E-state index in [1.165, 1.54) is 25.2 Å². The Bertz CT molecular complexity index is 746. The van der Waals surface area contributed by atoms with E-state index in [0.717, 1.165) is 11.8 Å². The minimum Gasteiger partial charge on any atom is -0.504 e. The minimum atomic E-state index is -0.920. The molecule has 134 valence electrons. The number of thioether (sulfide) groups is 1. The van der Waals surface area contributed by atoms with E-state index in [0.29, 0.717) is 27.0 Å². The van der Waals surface area contributed by atoms with Crippen LogP contribution in [0, 0.1) is 0 Å². The highest BCUT2D eigenvalue weighted by Gasteiger charge is 2.32. The lowest BCUT2D eigenvalue weighted by molar-refractivity contribution is -0.137. The number of methoxy groups -OCH3 is 2. The van der Waals surface area contributed by atoms with Crippen LogP contribution in [0.4, 0.5) is 0 Å². The smallest absolute Gasteiger partial charge is 0.303 e. The number of benzene rings is 1. The van der Waals surface area contributed by atoms with Gasteiger partial charge >= 0.3 is 5.97 Å². The zero-order valence-corrected chi connectivity index (χ0v) is 15.3. The van der Waals surface area contributed by atoms with Gasteiger partial charge in [-0.05, 0) is 24.6 Å². The van der Waals surface area contributed by atoms with Gasteiger partial charge in [-0.1, -0.05) is 24.0 Å². The molecular formula is C16H17NO6S2. The fourth-order valence-electron chi connectivity index (χ4n) is 2.26. The highest BCUT2D eigenvalue weighted by atomic mass is 32.2. The average molecular weight is 383 g/mol. The zero-order valence-electron chi connectivity index (χ0n) is 13.6. The van der Waals surface area contributed by atoms with E-state index >= 15 is 0 Å². The Labute approximate surface area is 154 Å². The van der Waals surface area contributed by atoms with Crippen molar-refractivity contribution in [1.82, 2.24) is 4.90 Å². The molecule has 1 aromatic carbocycles. The lowest BCUT2D eigenvalue weighted by atomic mass is 10.1. The van der Waals surface area contributed by atoms with Crippen LogP contribution in [0.2, 0.25) is 0 Å². The molecule has 7 nitrogen and oxygen atoms in total. The third kappa shape index (κ3) is 4.23. The highest BCUT2D eigenvalue weighted by molar-refractivity contribution is 8.26. The number of phenols is 1. The summed E-state index contributed by atoms with van der Waals surface area (Å²) in [5, 5.41) is 19.0. The van der Waals surface area contributed by atoms with Crippen LogP contribution in [0.1, 0.15) is 18.4 Å². The van der Waals surface area contributed by atoms with E-state index in [1.54, 1.807) is 12.1 Å². The molecule has 0 spiro atoms. The van der Waals surface area contributed by atoms with Crippen LogP contribution in [-0.4, -0.2) is 52.1 Å². The molecule has 1 aliphatic heterocycles. The molecule has 9 heteroatoms. The van der Waals surface area contributed by atoms with Gasteiger partial charge in [-0.3, -0.25) is 14.5 Å². The largest absolute Gasteiger partial charge is 0.504 e. The molecule has 2 rings (SSSR count). The second-order valence-electron chi connectivity index (χ2n) is 5.07. The van der Waals surface area contributed by atoms with Crippen molar-refractivity contribution in [2.45, 2.75) is 12.8 Å². The van der Waals surface area contributed by atoms with Crippen LogP contribution < -0.4 is 9.47 Å². The standard InChI is InChI=1S/C16H17NO6S2/c1-22-10-6-5-9(13(20)14(10)23-2)8-11-15(21)17(16(24)25-11)7-3-4-12(18)19/h5-6,8,20H,3-4,7H2,1-2H3,(H,18,19). The number of carbonyl (C=O) groups is 2. The van der Waals surface area contributed by atoms with Crippen molar-refractivity contribution < 1.29 is 29.3 Å². The van der Waals surface area contributed by atoms with Crippen LogP contribution in [0.15, 0.2) is 17.0 Å². The number of carboxylic acid groups (broad SMARTS) is 1. The molecule has 1 aliphatic rings. The molecule has 1 saturated heterocycles. The molecule has 0 atom stereocenters. The van der Waals surface area contributed by atoms with Crippen LogP contribution in [0.25, 0.3) is 6.08 Å². The topological polar surface area (TPSA) is 96.3 Å². The first-order valence-electron chi connectivity index (χ1n) is 7.30. The Kier molecular flexibility index (Phi) is 6.27. The first-order valence-corrected chi connectivity index (χ1v) is 8.52. The summed E-state index contributed by atoms with van der Waals surface area (Å²) in [6.45, 7) is 0.242. The Hall–Kier alpha value is -2.26.